The molecule has 1 aliphatic heterocycles. The third kappa shape index (κ3) is 6.48. The van der Waals surface area contributed by atoms with Crippen LogP contribution in [-0.4, -0.2) is 52.3 Å². The molecule has 5 nitrogen and oxygen atoms in total. The first-order valence-electron chi connectivity index (χ1n) is 20.7. The van der Waals surface area contributed by atoms with Gasteiger partial charge in [0.1, 0.15) is 5.44 Å². The number of rotatable bonds is 9. The molecule has 0 aromatic rings. The number of carbonyl (C=O) groups is 1. The smallest absolute Gasteiger partial charge is 0.303 e. The Morgan fingerprint density at radius 3 is 2.35 bits per heavy atom. The Bertz CT molecular complexity index is 1130. The minimum absolute atomic E-state index is 0.161. The van der Waals surface area contributed by atoms with E-state index in [2.05, 4.69) is 53.3 Å². The number of hydrogen-bond donors (Lipinski definition) is 2. The van der Waals surface area contributed by atoms with Crippen LogP contribution in [0.3, 0.4) is 0 Å². The SMILES string of the molecule is CC1CCC2C3C(C1)SC(OCCO[C@@H]1CC4C[C@H](O)CCC4(C)C4CC[C@@]5(C)C(CCC5[C@H](C)CCC(=O)O)C41)[C@H](C)C3CC[C@H]2C. The number of thioether (sulfide) groups is 1. The van der Waals surface area contributed by atoms with Gasteiger partial charge in [0.2, 0.25) is 0 Å². The second-order valence-electron chi connectivity index (χ2n) is 19.4. The molecule has 48 heavy (non-hydrogen) atoms. The van der Waals surface area contributed by atoms with Crippen molar-refractivity contribution in [2.45, 2.75) is 161 Å². The van der Waals surface area contributed by atoms with Gasteiger partial charge in [-0.2, -0.15) is 0 Å². The van der Waals surface area contributed by atoms with Crippen LogP contribution in [0.2, 0.25) is 0 Å². The molecule has 0 spiro atoms. The van der Waals surface area contributed by atoms with E-state index >= 15 is 0 Å². The molecule has 0 aromatic carbocycles. The van der Waals surface area contributed by atoms with Crippen LogP contribution in [0, 0.1) is 81.8 Å². The predicted octanol–water partition coefficient (Wildman–Crippen LogP) is 9.69. The maximum absolute atomic E-state index is 11.5. The summed E-state index contributed by atoms with van der Waals surface area (Å²) in [5, 5.41) is 21.0. The molecular weight excluding hydrogens is 617 g/mol. The molecule has 12 unspecified atom stereocenters. The van der Waals surface area contributed by atoms with Crippen LogP contribution in [0.4, 0.5) is 0 Å². The molecule has 7 aliphatic rings. The summed E-state index contributed by atoms with van der Waals surface area (Å²) in [4.78, 5) is 11.5. The number of aliphatic carboxylic acids is 1. The number of aliphatic hydroxyl groups excluding tert-OH is 1. The molecular formula is C42H70O5S. The molecule has 0 radical (unpaired) electrons. The highest BCUT2D eigenvalue weighted by atomic mass is 32.2. The summed E-state index contributed by atoms with van der Waals surface area (Å²) in [7, 11) is 0. The maximum Gasteiger partial charge on any atom is 0.303 e. The van der Waals surface area contributed by atoms with Gasteiger partial charge in [-0.1, -0.05) is 54.4 Å². The Morgan fingerprint density at radius 1 is 0.833 bits per heavy atom. The lowest BCUT2D eigenvalue weighted by Crippen LogP contribution is -2.59. The molecule has 274 valence electrons. The number of carboxylic acid groups (broad SMARTS) is 1. The van der Waals surface area contributed by atoms with E-state index in [1.807, 2.05) is 0 Å². The predicted molar refractivity (Wildman–Crippen MR) is 195 cm³/mol. The first-order valence-corrected chi connectivity index (χ1v) is 21.6. The monoisotopic (exact) mass is 686 g/mol. The molecule has 1 saturated heterocycles. The third-order valence-corrected chi connectivity index (χ3v) is 18.7. The minimum Gasteiger partial charge on any atom is -0.481 e. The van der Waals surface area contributed by atoms with Gasteiger partial charge in [-0.15, -0.1) is 11.8 Å². The second kappa shape index (κ2) is 14.3. The summed E-state index contributed by atoms with van der Waals surface area (Å²) in [6.45, 7) is 16.4. The average Bonchev–Trinajstić information content (AvgIpc) is 3.31. The van der Waals surface area contributed by atoms with Crippen molar-refractivity contribution in [3.63, 3.8) is 0 Å². The summed E-state index contributed by atoms with van der Waals surface area (Å²) in [6.07, 6.45) is 17.3. The zero-order valence-corrected chi connectivity index (χ0v) is 32.1. The molecule has 0 bridgehead atoms. The van der Waals surface area contributed by atoms with Gasteiger partial charge in [-0.25, -0.2) is 0 Å². The Labute approximate surface area is 297 Å². The summed E-state index contributed by atoms with van der Waals surface area (Å²) >= 11 is 2.20. The van der Waals surface area contributed by atoms with Crippen molar-refractivity contribution >= 4 is 17.7 Å². The van der Waals surface area contributed by atoms with Crippen LogP contribution in [0.1, 0.15) is 138 Å². The first-order chi connectivity index (χ1) is 22.9. The van der Waals surface area contributed by atoms with Crippen molar-refractivity contribution < 1.29 is 24.5 Å². The summed E-state index contributed by atoms with van der Waals surface area (Å²) < 4.78 is 13.9. The van der Waals surface area contributed by atoms with Crippen LogP contribution < -0.4 is 0 Å². The zero-order valence-electron chi connectivity index (χ0n) is 31.3. The van der Waals surface area contributed by atoms with Gasteiger partial charge in [-0.05, 0) is 159 Å². The molecule has 6 aliphatic carbocycles. The fourth-order valence-corrected chi connectivity index (χ4v) is 16.4. The Hall–Kier alpha value is -0.300. The van der Waals surface area contributed by atoms with E-state index < -0.39 is 5.97 Å². The highest BCUT2D eigenvalue weighted by Gasteiger charge is 2.63. The fourth-order valence-electron chi connectivity index (χ4n) is 14.4. The van der Waals surface area contributed by atoms with Crippen LogP contribution in [0.5, 0.6) is 0 Å². The van der Waals surface area contributed by atoms with Gasteiger partial charge in [0.25, 0.3) is 0 Å². The Morgan fingerprint density at radius 2 is 1.56 bits per heavy atom. The molecule has 0 amide bonds. The van der Waals surface area contributed by atoms with E-state index in [1.54, 1.807) is 0 Å². The lowest BCUT2D eigenvalue weighted by molar-refractivity contribution is -0.191. The van der Waals surface area contributed by atoms with Crippen molar-refractivity contribution in [1.82, 2.24) is 0 Å². The Balaban J connectivity index is 1.04. The Kier molecular flexibility index (Phi) is 10.7. The van der Waals surface area contributed by atoms with Crippen LogP contribution >= 0.6 is 11.8 Å². The number of ether oxygens (including phenoxy) is 2. The molecule has 7 fully saturated rings. The number of aliphatic hydroxyl groups is 1. The zero-order chi connectivity index (χ0) is 34.0. The van der Waals surface area contributed by atoms with E-state index in [0.717, 1.165) is 66.9 Å². The standard InChI is InChI=1S/C42H70O5S/c1-24-7-10-30-25(2)8-11-31-27(4)40(48-36(21-24)38(30)31)47-20-19-46-35-23-28-22-29(43)15-17-41(28,5)34-16-18-42(6)32(12-13-33(42)39(34)35)26(3)9-14-37(44)45/h24-36,38-40,43H,7-23H2,1-6H3,(H,44,45)/t24?,25-,26-,27-,28?,29-,30?,31?,32?,33?,34?,35-,36?,38?,39?,40?,41?,42-/m1/s1. The highest BCUT2D eigenvalue weighted by molar-refractivity contribution is 8.00. The normalized spacial score (nSPS) is 52.3. The van der Waals surface area contributed by atoms with Crippen molar-refractivity contribution in [3.05, 3.63) is 0 Å². The van der Waals surface area contributed by atoms with E-state index in [1.165, 1.54) is 57.8 Å². The molecule has 6 saturated carbocycles. The second-order valence-corrected chi connectivity index (χ2v) is 20.7. The summed E-state index contributed by atoms with van der Waals surface area (Å²) in [5.74, 6) is 7.74. The lowest BCUT2D eigenvalue weighted by Gasteiger charge is -2.63. The van der Waals surface area contributed by atoms with E-state index in [-0.39, 0.29) is 29.5 Å². The van der Waals surface area contributed by atoms with Gasteiger partial charge in [-0.3, -0.25) is 4.79 Å². The minimum atomic E-state index is -0.658. The number of fused-ring (bicyclic) bond motifs is 5. The fraction of sp³-hybridized carbons (Fsp3) is 0.976. The number of hydrogen-bond acceptors (Lipinski definition) is 5. The van der Waals surface area contributed by atoms with Gasteiger partial charge in [0, 0.05) is 11.7 Å². The van der Waals surface area contributed by atoms with Crippen LogP contribution in [-0.2, 0) is 14.3 Å². The van der Waals surface area contributed by atoms with Crippen molar-refractivity contribution in [3.8, 4) is 0 Å². The van der Waals surface area contributed by atoms with Gasteiger partial charge >= 0.3 is 5.97 Å². The molecule has 18 atom stereocenters. The molecule has 7 rings (SSSR count). The maximum atomic E-state index is 11.5. The van der Waals surface area contributed by atoms with Gasteiger partial charge < -0.3 is 19.7 Å². The first kappa shape index (κ1) is 36.1. The largest absolute Gasteiger partial charge is 0.481 e. The quantitative estimate of drug-likeness (QED) is 0.235. The highest BCUT2D eigenvalue weighted by Crippen LogP contribution is 2.69. The molecule has 6 heteroatoms. The average molecular weight is 687 g/mol. The van der Waals surface area contributed by atoms with Crippen LogP contribution in [0.15, 0.2) is 0 Å². The summed E-state index contributed by atoms with van der Waals surface area (Å²) in [5.41, 5.74) is 0.852. The van der Waals surface area contributed by atoms with Crippen molar-refractivity contribution in [2.24, 2.45) is 81.8 Å². The van der Waals surface area contributed by atoms with E-state index in [9.17, 15) is 15.0 Å². The topological polar surface area (TPSA) is 76.0 Å². The molecule has 2 N–H and O–H groups in total. The van der Waals surface area contributed by atoms with Crippen molar-refractivity contribution in [2.75, 3.05) is 13.2 Å². The molecule has 0 aromatic heterocycles. The number of carboxylic acids is 1. The van der Waals surface area contributed by atoms with Crippen molar-refractivity contribution in [1.29, 1.82) is 0 Å². The van der Waals surface area contributed by atoms with Crippen LogP contribution in [0.25, 0.3) is 0 Å². The van der Waals surface area contributed by atoms with Gasteiger partial charge in [0.05, 0.1) is 25.4 Å². The van der Waals surface area contributed by atoms with E-state index in [4.69, 9.17) is 9.47 Å². The third-order valence-electron chi connectivity index (χ3n) is 17.0. The van der Waals surface area contributed by atoms with Gasteiger partial charge in [0.15, 0.2) is 0 Å². The lowest BCUT2D eigenvalue weighted by atomic mass is 9.43. The summed E-state index contributed by atoms with van der Waals surface area (Å²) in [6, 6.07) is 0. The molecule has 1 heterocycles. The van der Waals surface area contributed by atoms with E-state index in [0.29, 0.717) is 60.1 Å².